The first-order valence-electron chi connectivity index (χ1n) is 9.76. The monoisotopic (exact) mass is 392 g/mol. The molecule has 0 aliphatic heterocycles. The molecular formula is C26H20N2O2. The molecule has 0 aliphatic rings. The van der Waals surface area contributed by atoms with E-state index in [4.69, 9.17) is 19.4 Å². The number of rotatable bonds is 4. The van der Waals surface area contributed by atoms with Crippen molar-refractivity contribution in [3.63, 3.8) is 0 Å². The van der Waals surface area contributed by atoms with Gasteiger partial charge in [0.15, 0.2) is 0 Å². The second kappa shape index (κ2) is 7.48. The molecule has 0 spiro atoms. The molecule has 2 heterocycles. The van der Waals surface area contributed by atoms with Gasteiger partial charge in [0.25, 0.3) is 0 Å². The minimum atomic E-state index is 0.813. The molecule has 0 saturated carbocycles. The van der Waals surface area contributed by atoms with E-state index < -0.39 is 0 Å². The maximum atomic E-state index is 5.50. The molecule has 5 aromatic rings. The lowest BCUT2D eigenvalue weighted by Crippen LogP contribution is -1.92. The number of hydrogen-bond acceptors (Lipinski definition) is 4. The molecule has 0 aliphatic carbocycles. The van der Waals surface area contributed by atoms with Crippen LogP contribution in [0.4, 0.5) is 0 Å². The van der Waals surface area contributed by atoms with Crippen LogP contribution in [0, 0.1) is 0 Å². The predicted molar refractivity (Wildman–Crippen MR) is 121 cm³/mol. The van der Waals surface area contributed by atoms with Gasteiger partial charge < -0.3 is 9.47 Å². The van der Waals surface area contributed by atoms with Crippen LogP contribution in [0.25, 0.3) is 44.3 Å². The number of hydrogen-bond donors (Lipinski definition) is 0. The topological polar surface area (TPSA) is 44.2 Å². The second-order valence-electron chi connectivity index (χ2n) is 6.99. The molecule has 4 heteroatoms. The minimum Gasteiger partial charge on any atom is -0.496 e. The maximum absolute atomic E-state index is 5.50. The van der Waals surface area contributed by atoms with E-state index in [0.29, 0.717) is 0 Å². The van der Waals surface area contributed by atoms with Gasteiger partial charge in [0.05, 0.1) is 36.6 Å². The summed E-state index contributed by atoms with van der Waals surface area (Å²) < 4.78 is 11.0. The summed E-state index contributed by atoms with van der Waals surface area (Å²) in [6, 6.07) is 28.2. The maximum Gasteiger partial charge on any atom is 0.128 e. The highest BCUT2D eigenvalue weighted by Gasteiger charge is 2.11. The van der Waals surface area contributed by atoms with E-state index in [0.717, 1.165) is 55.8 Å². The van der Waals surface area contributed by atoms with Crippen molar-refractivity contribution in [2.45, 2.75) is 0 Å². The first kappa shape index (κ1) is 18.1. The van der Waals surface area contributed by atoms with Crippen molar-refractivity contribution in [3.8, 4) is 34.0 Å². The highest BCUT2D eigenvalue weighted by molar-refractivity contribution is 6.05. The zero-order chi connectivity index (χ0) is 20.5. The van der Waals surface area contributed by atoms with Crippen molar-refractivity contribution in [2.75, 3.05) is 14.2 Å². The summed E-state index contributed by atoms with van der Waals surface area (Å²) in [7, 11) is 3.36. The van der Waals surface area contributed by atoms with Crippen molar-refractivity contribution >= 4 is 21.8 Å². The molecule has 4 nitrogen and oxygen atoms in total. The third kappa shape index (κ3) is 3.03. The van der Waals surface area contributed by atoms with Crippen LogP contribution in [0.2, 0.25) is 0 Å². The van der Waals surface area contributed by atoms with Crippen LogP contribution in [0.15, 0.2) is 84.9 Å². The van der Waals surface area contributed by atoms with Crippen molar-refractivity contribution in [3.05, 3.63) is 84.9 Å². The number of fused-ring (bicyclic) bond motifs is 3. The number of nitrogens with zero attached hydrogens (tertiary/aromatic N) is 2. The standard InChI is InChI=1S/C26H20N2O2/c1-29-25-9-5-3-7-19(25)23-13-11-17-18-12-14-24(20-8-4-6-10-26(20)30-2)28-22(18)16-15-21(17)27-23/h3-16H,1-2H3. The van der Waals surface area contributed by atoms with Gasteiger partial charge in [-0.1, -0.05) is 24.3 Å². The normalized spacial score (nSPS) is 11.0. The number of ether oxygens (including phenoxy) is 2. The van der Waals surface area contributed by atoms with Crippen LogP contribution >= 0.6 is 0 Å². The van der Waals surface area contributed by atoms with E-state index >= 15 is 0 Å². The Hall–Kier alpha value is -3.92. The van der Waals surface area contributed by atoms with Gasteiger partial charge >= 0.3 is 0 Å². The van der Waals surface area contributed by atoms with E-state index in [1.54, 1.807) is 14.2 Å². The van der Waals surface area contributed by atoms with Gasteiger partial charge in [-0.05, 0) is 60.7 Å². The second-order valence-corrected chi connectivity index (χ2v) is 6.99. The highest BCUT2D eigenvalue weighted by Crippen LogP contribution is 2.33. The minimum absolute atomic E-state index is 0.813. The zero-order valence-corrected chi connectivity index (χ0v) is 16.8. The molecule has 0 N–H and O–H groups in total. The molecule has 30 heavy (non-hydrogen) atoms. The average molecular weight is 392 g/mol. The smallest absolute Gasteiger partial charge is 0.128 e. The Bertz CT molecular complexity index is 1270. The van der Waals surface area contributed by atoms with Gasteiger partial charge in [0, 0.05) is 21.9 Å². The summed E-state index contributed by atoms with van der Waals surface area (Å²) in [6.07, 6.45) is 0. The summed E-state index contributed by atoms with van der Waals surface area (Å²) in [4.78, 5) is 9.77. The molecule has 0 bridgehead atoms. The lowest BCUT2D eigenvalue weighted by atomic mass is 10.0. The molecule has 0 saturated heterocycles. The van der Waals surface area contributed by atoms with Gasteiger partial charge in [0.2, 0.25) is 0 Å². The fourth-order valence-corrected chi connectivity index (χ4v) is 3.83. The van der Waals surface area contributed by atoms with Gasteiger partial charge in [-0.15, -0.1) is 0 Å². The van der Waals surface area contributed by atoms with Crippen LogP contribution in [0.3, 0.4) is 0 Å². The van der Waals surface area contributed by atoms with Gasteiger partial charge in [-0.2, -0.15) is 0 Å². The summed E-state index contributed by atoms with van der Waals surface area (Å²) in [5.74, 6) is 1.63. The number of benzene rings is 3. The fourth-order valence-electron chi connectivity index (χ4n) is 3.83. The number of methoxy groups -OCH3 is 2. The van der Waals surface area contributed by atoms with Crippen LogP contribution in [0.5, 0.6) is 11.5 Å². The molecule has 146 valence electrons. The molecule has 0 atom stereocenters. The Labute approximate surface area is 174 Å². The Morgan fingerprint density at radius 1 is 0.500 bits per heavy atom. The van der Waals surface area contributed by atoms with E-state index in [1.807, 2.05) is 72.8 Å². The van der Waals surface area contributed by atoms with Crippen molar-refractivity contribution in [2.24, 2.45) is 0 Å². The largest absolute Gasteiger partial charge is 0.496 e. The van der Waals surface area contributed by atoms with E-state index in [9.17, 15) is 0 Å². The summed E-state index contributed by atoms with van der Waals surface area (Å²) in [5, 5.41) is 2.15. The first-order valence-corrected chi connectivity index (χ1v) is 9.76. The van der Waals surface area contributed by atoms with Gasteiger partial charge in [-0.25, -0.2) is 9.97 Å². The fraction of sp³-hybridized carbons (Fsp3) is 0.0769. The summed E-state index contributed by atoms with van der Waals surface area (Å²) >= 11 is 0. The van der Waals surface area contributed by atoms with Crippen LogP contribution in [-0.2, 0) is 0 Å². The Kier molecular flexibility index (Phi) is 4.52. The van der Waals surface area contributed by atoms with Gasteiger partial charge in [-0.3, -0.25) is 0 Å². The average Bonchev–Trinajstić information content (AvgIpc) is 2.83. The van der Waals surface area contributed by atoms with Crippen LogP contribution < -0.4 is 9.47 Å². The van der Waals surface area contributed by atoms with E-state index in [-0.39, 0.29) is 0 Å². The van der Waals surface area contributed by atoms with Crippen LogP contribution in [0.1, 0.15) is 0 Å². The number of pyridine rings is 2. The van der Waals surface area contributed by atoms with Crippen molar-refractivity contribution in [1.29, 1.82) is 0 Å². The lowest BCUT2D eigenvalue weighted by Gasteiger charge is -2.11. The van der Waals surface area contributed by atoms with Crippen molar-refractivity contribution in [1.82, 2.24) is 9.97 Å². The third-order valence-corrected chi connectivity index (χ3v) is 5.30. The highest BCUT2D eigenvalue weighted by atomic mass is 16.5. The third-order valence-electron chi connectivity index (χ3n) is 5.30. The zero-order valence-electron chi connectivity index (χ0n) is 16.8. The molecule has 5 rings (SSSR count). The SMILES string of the molecule is COc1ccccc1-c1ccc2c(ccc3nc(-c4ccccc4OC)ccc32)n1. The lowest BCUT2D eigenvalue weighted by molar-refractivity contribution is 0.416. The number of para-hydroxylation sites is 2. The van der Waals surface area contributed by atoms with Crippen LogP contribution in [-0.4, -0.2) is 24.2 Å². The molecule has 3 aromatic carbocycles. The Morgan fingerprint density at radius 2 is 0.933 bits per heavy atom. The summed E-state index contributed by atoms with van der Waals surface area (Å²) in [5.41, 5.74) is 5.59. The first-order chi connectivity index (χ1) is 14.8. The summed E-state index contributed by atoms with van der Waals surface area (Å²) in [6.45, 7) is 0. The van der Waals surface area contributed by atoms with Crippen molar-refractivity contribution < 1.29 is 9.47 Å². The van der Waals surface area contributed by atoms with E-state index in [2.05, 4.69) is 12.1 Å². The molecule has 0 fully saturated rings. The van der Waals surface area contributed by atoms with Gasteiger partial charge in [0.1, 0.15) is 11.5 Å². The Morgan fingerprint density at radius 3 is 1.37 bits per heavy atom. The Balaban J connectivity index is 1.64. The number of aromatic nitrogens is 2. The quantitative estimate of drug-likeness (QED) is 0.345. The molecule has 0 unspecified atom stereocenters. The molecule has 0 amide bonds. The molecule has 2 aromatic heterocycles. The molecule has 0 radical (unpaired) electrons. The molecular weight excluding hydrogens is 372 g/mol. The van der Waals surface area contributed by atoms with E-state index in [1.165, 1.54) is 0 Å². The predicted octanol–water partition coefficient (Wildman–Crippen LogP) is 6.13.